The van der Waals surface area contributed by atoms with E-state index in [1.54, 1.807) is 61.3 Å². The zero-order chi connectivity index (χ0) is 27.1. The molecular formula is C26H23Cl2N5O4S. The number of halogens is 2. The van der Waals surface area contributed by atoms with E-state index in [0.717, 1.165) is 0 Å². The molecule has 0 radical (unpaired) electrons. The smallest absolute Gasteiger partial charge is 0.253 e. The van der Waals surface area contributed by atoms with Gasteiger partial charge in [-0.2, -0.15) is 0 Å². The summed E-state index contributed by atoms with van der Waals surface area (Å²) in [7, 11) is 3.13. The van der Waals surface area contributed by atoms with Crippen molar-refractivity contribution in [3.8, 4) is 17.2 Å². The van der Waals surface area contributed by atoms with Crippen LogP contribution in [0.2, 0.25) is 10.0 Å². The average Bonchev–Trinajstić information content (AvgIpc) is 3.34. The maximum Gasteiger partial charge on any atom is 0.253 e. The van der Waals surface area contributed by atoms with Crippen molar-refractivity contribution >= 4 is 52.5 Å². The van der Waals surface area contributed by atoms with E-state index in [-0.39, 0.29) is 28.8 Å². The summed E-state index contributed by atoms with van der Waals surface area (Å²) < 4.78 is 12.4. The van der Waals surface area contributed by atoms with Crippen molar-refractivity contribution in [3.63, 3.8) is 0 Å². The number of nitrogens with zero attached hydrogens (tertiary/aromatic N) is 3. The van der Waals surface area contributed by atoms with E-state index in [1.165, 1.54) is 17.8 Å². The predicted molar refractivity (Wildman–Crippen MR) is 148 cm³/mol. The molecule has 0 bridgehead atoms. The molecule has 2 N–H and O–H groups in total. The quantitative estimate of drug-likeness (QED) is 0.250. The summed E-state index contributed by atoms with van der Waals surface area (Å²) in [6, 6.07) is 19.0. The Labute approximate surface area is 233 Å². The Morgan fingerprint density at radius 2 is 1.74 bits per heavy atom. The van der Waals surface area contributed by atoms with Crippen molar-refractivity contribution in [1.82, 2.24) is 20.1 Å². The van der Waals surface area contributed by atoms with Gasteiger partial charge in [0.05, 0.1) is 42.8 Å². The zero-order valence-corrected chi connectivity index (χ0v) is 22.7. The van der Waals surface area contributed by atoms with Crippen molar-refractivity contribution in [2.75, 3.05) is 25.3 Å². The molecule has 0 unspecified atom stereocenters. The highest BCUT2D eigenvalue weighted by Gasteiger charge is 2.20. The molecule has 38 heavy (non-hydrogen) atoms. The minimum Gasteiger partial charge on any atom is -0.497 e. The fourth-order valence-corrected chi connectivity index (χ4v) is 4.63. The lowest BCUT2D eigenvalue weighted by molar-refractivity contribution is -0.113. The van der Waals surface area contributed by atoms with Gasteiger partial charge >= 0.3 is 0 Å². The maximum absolute atomic E-state index is 12.8. The average molecular weight is 572 g/mol. The monoisotopic (exact) mass is 571 g/mol. The zero-order valence-electron chi connectivity index (χ0n) is 20.4. The van der Waals surface area contributed by atoms with Gasteiger partial charge in [-0.05, 0) is 54.6 Å². The minimum atomic E-state index is -0.417. The first-order valence-corrected chi connectivity index (χ1v) is 13.0. The molecule has 196 valence electrons. The molecule has 0 saturated carbocycles. The number of para-hydroxylation sites is 2. The molecular weight excluding hydrogens is 549 g/mol. The molecule has 0 saturated heterocycles. The number of hydrogen-bond donors (Lipinski definition) is 2. The Morgan fingerprint density at radius 3 is 2.47 bits per heavy atom. The Kier molecular flexibility index (Phi) is 9.11. The summed E-state index contributed by atoms with van der Waals surface area (Å²) in [5.74, 6) is 1.13. The van der Waals surface area contributed by atoms with Crippen LogP contribution in [0, 0.1) is 0 Å². The second kappa shape index (κ2) is 12.7. The number of thioether (sulfide) groups is 1. The number of carbonyl (C=O) groups excluding carboxylic acids is 2. The third-order valence-electron chi connectivity index (χ3n) is 5.31. The minimum absolute atomic E-state index is 0.0331. The summed E-state index contributed by atoms with van der Waals surface area (Å²) in [5.41, 5.74) is 1.54. The third kappa shape index (κ3) is 6.58. The van der Waals surface area contributed by atoms with Gasteiger partial charge in [0.15, 0.2) is 11.0 Å². The standard InChI is InChI=1S/C26H23Cl2N5O4S/c1-36-18-10-8-17(9-11-18)30-24(34)15-38-26-32-31-23(33(26)21-5-3-4-6-22(21)37-2)14-29-25(35)19-13-16(27)7-12-20(19)28/h3-13H,14-15H2,1-2H3,(H,29,35)(H,30,34). The van der Waals surface area contributed by atoms with Crippen molar-refractivity contribution < 1.29 is 19.1 Å². The highest BCUT2D eigenvalue weighted by molar-refractivity contribution is 7.99. The van der Waals surface area contributed by atoms with Crippen molar-refractivity contribution in [2.24, 2.45) is 0 Å². The van der Waals surface area contributed by atoms with Gasteiger partial charge in [0.25, 0.3) is 5.91 Å². The van der Waals surface area contributed by atoms with Crippen LogP contribution in [-0.4, -0.2) is 46.6 Å². The van der Waals surface area contributed by atoms with Crippen molar-refractivity contribution in [1.29, 1.82) is 0 Å². The van der Waals surface area contributed by atoms with E-state index in [1.807, 2.05) is 18.2 Å². The maximum atomic E-state index is 12.8. The number of nitrogens with one attached hydrogen (secondary N) is 2. The number of methoxy groups -OCH3 is 2. The lowest BCUT2D eigenvalue weighted by atomic mass is 10.2. The SMILES string of the molecule is COc1ccc(NC(=O)CSc2nnc(CNC(=O)c3cc(Cl)ccc3Cl)n2-c2ccccc2OC)cc1. The van der Waals surface area contributed by atoms with Crippen molar-refractivity contribution in [3.05, 3.63) is 88.2 Å². The number of aromatic nitrogens is 3. The largest absolute Gasteiger partial charge is 0.497 e. The second-order valence-electron chi connectivity index (χ2n) is 7.78. The van der Waals surface area contributed by atoms with Gasteiger partial charge in [-0.1, -0.05) is 47.1 Å². The highest BCUT2D eigenvalue weighted by Crippen LogP contribution is 2.29. The molecule has 0 spiro atoms. The molecule has 9 nitrogen and oxygen atoms in total. The molecule has 0 aliphatic rings. The highest BCUT2D eigenvalue weighted by atomic mass is 35.5. The number of anilines is 1. The number of amides is 2. The molecule has 1 aromatic heterocycles. The van der Waals surface area contributed by atoms with Crippen LogP contribution in [0.15, 0.2) is 71.9 Å². The van der Waals surface area contributed by atoms with E-state index in [9.17, 15) is 9.59 Å². The molecule has 12 heteroatoms. The molecule has 4 rings (SSSR count). The lowest BCUT2D eigenvalue weighted by Crippen LogP contribution is -2.25. The van der Waals surface area contributed by atoms with E-state index in [4.69, 9.17) is 32.7 Å². The van der Waals surface area contributed by atoms with Gasteiger partial charge in [-0.15, -0.1) is 10.2 Å². The van der Waals surface area contributed by atoms with E-state index in [0.29, 0.717) is 38.9 Å². The number of carbonyl (C=O) groups is 2. The molecule has 3 aromatic carbocycles. The third-order valence-corrected chi connectivity index (χ3v) is 6.81. The Bertz CT molecular complexity index is 1450. The molecule has 4 aromatic rings. The topological polar surface area (TPSA) is 107 Å². The number of ether oxygens (including phenoxy) is 2. The van der Waals surface area contributed by atoms with Gasteiger partial charge in [0.2, 0.25) is 5.91 Å². The van der Waals surface area contributed by atoms with Gasteiger partial charge in [0.1, 0.15) is 11.5 Å². The number of hydrogen-bond acceptors (Lipinski definition) is 7. The summed E-state index contributed by atoms with van der Waals surface area (Å²) in [6.07, 6.45) is 0. The van der Waals surface area contributed by atoms with Gasteiger partial charge in [0, 0.05) is 10.7 Å². The Morgan fingerprint density at radius 1 is 0.974 bits per heavy atom. The predicted octanol–water partition coefficient (Wildman–Crippen LogP) is 5.25. The second-order valence-corrected chi connectivity index (χ2v) is 9.56. The van der Waals surface area contributed by atoms with Crippen LogP contribution in [0.3, 0.4) is 0 Å². The van der Waals surface area contributed by atoms with Crippen LogP contribution in [0.5, 0.6) is 11.5 Å². The van der Waals surface area contributed by atoms with Gasteiger partial charge in [-0.3, -0.25) is 14.2 Å². The first-order valence-electron chi connectivity index (χ1n) is 11.3. The first kappa shape index (κ1) is 27.3. The van der Waals surface area contributed by atoms with Crippen LogP contribution in [0.1, 0.15) is 16.2 Å². The van der Waals surface area contributed by atoms with Crippen LogP contribution in [0.4, 0.5) is 5.69 Å². The number of benzene rings is 3. The molecule has 0 aliphatic heterocycles. The first-order chi connectivity index (χ1) is 18.4. The van der Waals surface area contributed by atoms with Gasteiger partial charge < -0.3 is 20.1 Å². The molecule has 0 aliphatic carbocycles. The van der Waals surface area contributed by atoms with E-state index in [2.05, 4.69) is 20.8 Å². The molecule has 2 amide bonds. The number of rotatable bonds is 10. The van der Waals surface area contributed by atoms with Gasteiger partial charge in [-0.25, -0.2) is 0 Å². The molecule has 0 fully saturated rings. The summed E-state index contributed by atoms with van der Waals surface area (Å²) in [5, 5.41) is 15.3. The van der Waals surface area contributed by atoms with E-state index < -0.39 is 5.91 Å². The fraction of sp³-hybridized carbons (Fsp3) is 0.154. The van der Waals surface area contributed by atoms with Crippen LogP contribution < -0.4 is 20.1 Å². The van der Waals surface area contributed by atoms with Crippen LogP contribution >= 0.6 is 35.0 Å². The van der Waals surface area contributed by atoms with E-state index >= 15 is 0 Å². The van der Waals surface area contributed by atoms with Crippen LogP contribution in [-0.2, 0) is 11.3 Å². The summed E-state index contributed by atoms with van der Waals surface area (Å²) >= 11 is 13.4. The lowest BCUT2D eigenvalue weighted by Gasteiger charge is -2.14. The Balaban J connectivity index is 1.53. The van der Waals surface area contributed by atoms with Crippen LogP contribution in [0.25, 0.3) is 5.69 Å². The summed E-state index contributed by atoms with van der Waals surface area (Å²) in [6.45, 7) is 0.0331. The Hall–Kier alpha value is -3.73. The fourth-order valence-electron chi connectivity index (χ4n) is 3.49. The molecule has 1 heterocycles. The molecule has 0 atom stereocenters. The normalized spacial score (nSPS) is 10.6. The summed E-state index contributed by atoms with van der Waals surface area (Å²) in [4.78, 5) is 25.4. The van der Waals surface area contributed by atoms with Crippen molar-refractivity contribution in [2.45, 2.75) is 11.7 Å².